The molecule has 0 amide bonds. The molecule has 16 heavy (non-hydrogen) atoms. The van der Waals surface area contributed by atoms with Crippen LogP contribution in [-0.4, -0.2) is 48.3 Å². The van der Waals surface area contributed by atoms with Crippen molar-refractivity contribution in [2.45, 2.75) is 39.2 Å². The summed E-state index contributed by atoms with van der Waals surface area (Å²) in [5, 5.41) is 9.26. The summed E-state index contributed by atoms with van der Waals surface area (Å²) in [5.74, 6) is -0.239. The molecule has 1 N–H and O–H groups in total. The number of ether oxygens (including phenoxy) is 1. The van der Waals surface area contributed by atoms with Gasteiger partial charge in [0.05, 0.1) is 19.1 Å². The van der Waals surface area contributed by atoms with Gasteiger partial charge in [-0.25, -0.2) is 0 Å². The zero-order valence-electron chi connectivity index (χ0n) is 10.3. The van der Waals surface area contributed by atoms with E-state index in [1.165, 1.54) is 6.42 Å². The van der Waals surface area contributed by atoms with E-state index in [2.05, 4.69) is 4.90 Å². The summed E-state index contributed by atoms with van der Waals surface area (Å²) in [6.45, 7) is 6.02. The van der Waals surface area contributed by atoms with Gasteiger partial charge in [-0.15, -0.1) is 0 Å². The molecule has 2 atom stereocenters. The Morgan fingerprint density at radius 1 is 1.56 bits per heavy atom. The minimum atomic E-state index is -0.134. The highest BCUT2D eigenvalue weighted by Crippen LogP contribution is 2.18. The average molecular weight is 229 g/mol. The molecule has 0 bridgehead atoms. The van der Waals surface area contributed by atoms with Gasteiger partial charge in [0.15, 0.2) is 0 Å². The van der Waals surface area contributed by atoms with E-state index in [-0.39, 0.29) is 24.5 Å². The Bertz CT molecular complexity index is 220. The fraction of sp³-hybridized carbons (Fsp3) is 0.917. The predicted molar refractivity (Wildman–Crippen MR) is 62.1 cm³/mol. The molecular weight excluding hydrogens is 206 g/mol. The summed E-state index contributed by atoms with van der Waals surface area (Å²) in [7, 11) is 0. The third-order valence-corrected chi connectivity index (χ3v) is 3.16. The van der Waals surface area contributed by atoms with E-state index in [1.807, 2.05) is 13.8 Å². The Hall–Kier alpha value is -0.610. The lowest BCUT2D eigenvalue weighted by atomic mass is 10.0. The van der Waals surface area contributed by atoms with E-state index in [4.69, 9.17) is 4.74 Å². The second-order valence-electron chi connectivity index (χ2n) is 4.48. The minimum Gasteiger partial charge on any atom is -0.466 e. The van der Waals surface area contributed by atoms with Gasteiger partial charge >= 0.3 is 5.97 Å². The molecule has 0 aromatic carbocycles. The van der Waals surface area contributed by atoms with Crippen molar-refractivity contribution in [2.75, 3.05) is 26.3 Å². The van der Waals surface area contributed by atoms with Crippen LogP contribution in [0.2, 0.25) is 0 Å². The van der Waals surface area contributed by atoms with E-state index >= 15 is 0 Å². The predicted octanol–water partition coefficient (Wildman–Crippen LogP) is 1.03. The number of piperidine rings is 1. The van der Waals surface area contributed by atoms with Gasteiger partial charge in [0, 0.05) is 12.6 Å². The van der Waals surface area contributed by atoms with Crippen molar-refractivity contribution in [1.82, 2.24) is 4.90 Å². The van der Waals surface area contributed by atoms with Crippen molar-refractivity contribution in [1.29, 1.82) is 0 Å². The van der Waals surface area contributed by atoms with Crippen molar-refractivity contribution in [3.05, 3.63) is 0 Å². The number of rotatable bonds is 5. The van der Waals surface area contributed by atoms with E-state index in [0.717, 1.165) is 19.4 Å². The summed E-state index contributed by atoms with van der Waals surface area (Å²) in [4.78, 5) is 13.7. The number of hydrogen-bond donors (Lipinski definition) is 1. The number of nitrogens with zero attached hydrogens (tertiary/aromatic N) is 1. The number of carbonyl (C=O) groups is 1. The highest BCUT2D eigenvalue weighted by molar-refractivity contribution is 5.72. The van der Waals surface area contributed by atoms with Crippen LogP contribution < -0.4 is 0 Å². The van der Waals surface area contributed by atoms with Crippen molar-refractivity contribution in [3.63, 3.8) is 0 Å². The zero-order chi connectivity index (χ0) is 12.0. The molecule has 0 spiro atoms. The molecule has 0 aromatic rings. The maximum absolute atomic E-state index is 11.5. The molecule has 0 aliphatic carbocycles. The first-order chi connectivity index (χ1) is 7.69. The maximum Gasteiger partial charge on any atom is 0.309 e. The molecular formula is C12H23NO3. The molecule has 4 nitrogen and oxygen atoms in total. The van der Waals surface area contributed by atoms with Gasteiger partial charge in [-0.3, -0.25) is 9.69 Å². The molecule has 0 saturated carbocycles. The zero-order valence-corrected chi connectivity index (χ0v) is 10.3. The van der Waals surface area contributed by atoms with Gasteiger partial charge in [0.25, 0.3) is 0 Å². The molecule has 1 aliphatic heterocycles. The maximum atomic E-state index is 11.5. The number of esters is 1. The van der Waals surface area contributed by atoms with Crippen LogP contribution in [0.25, 0.3) is 0 Å². The normalized spacial score (nSPS) is 24.1. The molecule has 1 heterocycles. The van der Waals surface area contributed by atoms with Crippen LogP contribution in [0.4, 0.5) is 0 Å². The Balaban J connectivity index is 2.41. The van der Waals surface area contributed by atoms with Crippen molar-refractivity contribution in [2.24, 2.45) is 5.92 Å². The molecule has 1 rings (SSSR count). The number of aliphatic hydroxyl groups excluding tert-OH is 1. The summed E-state index contributed by atoms with van der Waals surface area (Å²) < 4.78 is 4.99. The standard InChI is InChI=1S/C12H23NO3/c1-3-16-12(15)10(2)8-13-7-5-4-6-11(13)9-14/h10-11,14H,3-9H2,1-2H3. The Labute approximate surface area is 97.6 Å². The first-order valence-electron chi connectivity index (χ1n) is 6.20. The van der Waals surface area contributed by atoms with Crippen LogP contribution in [0, 0.1) is 5.92 Å². The van der Waals surface area contributed by atoms with Gasteiger partial charge in [0.2, 0.25) is 0 Å². The Morgan fingerprint density at radius 2 is 2.31 bits per heavy atom. The number of aliphatic hydroxyl groups is 1. The van der Waals surface area contributed by atoms with Crippen LogP contribution in [0.5, 0.6) is 0 Å². The van der Waals surface area contributed by atoms with Gasteiger partial charge in [-0.05, 0) is 26.3 Å². The van der Waals surface area contributed by atoms with Crippen molar-refractivity contribution >= 4 is 5.97 Å². The summed E-state index contributed by atoms with van der Waals surface area (Å²) >= 11 is 0. The number of carbonyl (C=O) groups excluding carboxylic acids is 1. The Morgan fingerprint density at radius 3 is 2.94 bits per heavy atom. The highest BCUT2D eigenvalue weighted by atomic mass is 16.5. The van der Waals surface area contributed by atoms with E-state index in [1.54, 1.807) is 0 Å². The first-order valence-corrected chi connectivity index (χ1v) is 6.20. The summed E-state index contributed by atoms with van der Waals surface area (Å²) in [5.41, 5.74) is 0. The van der Waals surface area contributed by atoms with Crippen LogP contribution in [0.15, 0.2) is 0 Å². The van der Waals surface area contributed by atoms with Crippen molar-refractivity contribution in [3.8, 4) is 0 Å². The topological polar surface area (TPSA) is 49.8 Å². The monoisotopic (exact) mass is 229 g/mol. The third-order valence-electron chi connectivity index (χ3n) is 3.16. The first kappa shape index (κ1) is 13.5. The third kappa shape index (κ3) is 3.76. The molecule has 1 aliphatic rings. The Kier molecular flexibility index (Phi) is 5.77. The molecule has 1 fully saturated rings. The fourth-order valence-electron chi connectivity index (χ4n) is 2.22. The van der Waals surface area contributed by atoms with Gasteiger partial charge in [-0.2, -0.15) is 0 Å². The number of hydrogen-bond acceptors (Lipinski definition) is 4. The fourth-order valence-corrected chi connectivity index (χ4v) is 2.22. The lowest BCUT2D eigenvalue weighted by Gasteiger charge is -2.35. The molecule has 2 unspecified atom stereocenters. The second kappa shape index (κ2) is 6.86. The van der Waals surface area contributed by atoms with Crippen LogP contribution in [-0.2, 0) is 9.53 Å². The number of likely N-dealkylation sites (tertiary alicyclic amines) is 1. The van der Waals surface area contributed by atoms with Gasteiger partial charge in [0.1, 0.15) is 0 Å². The van der Waals surface area contributed by atoms with Gasteiger partial charge in [-0.1, -0.05) is 13.3 Å². The van der Waals surface area contributed by atoms with Crippen LogP contribution in [0.3, 0.4) is 0 Å². The summed E-state index contributed by atoms with van der Waals surface area (Å²) in [6.07, 6.45) is 3.37. The smallest absolute Gasteiger partial charge is 0.309 e. The molecule has 0 aromatic heterocycles. The van der Waals surface area contributed by atoms with E-state index in [9.17, 15) is 9.90 Å². The lowest BCUT2D eigenvalue weighted by Crippen LogP contribution is -2.45. The molecule has 94 valence electrons. The highest BCUT2D eigenvalue weighted by Gasteiger charge is 2.25. The largest absolute Gasteiger partial charge is 0.466 e. The lowest BCUT2D eigenvalue weighted by molar-refractivity contribution is -0.148. The SMILES string of the molecule is CCOC(=O)C(C)CN1CCCCC1CO. The summed E-state index contributed by atoms with van der Waals surface area (Å²) in [6, 6.07) is 0.227. The van der Waals surface area contributed by atoms with Gasteiger partial charge < -0.3 is 9.84 Å². The molecule has 0 radical (unpaired) electrons. The minimum absolute atomic E-state index is 0.105. The van der Waals surface area contributed by atoms with Crippen LogP contribution in [0.1, 0.15) is 33.1 Å². The quantitative estimate of drug-likeness (QED) is 0.715. The molecule has 1 saturated heterocycles. The van der Waals surface area contributed by atoms with E-state index < -0.39 is 0 Å². The van der Waals surface area contributed by atoms with Crippen LogP contribution >= 0.6 is 0 Å². The van der Waals surface area contributed by atoms with E-state index in [0.29, 0.717) is 13.2 Å². The second-order valence-corrected chi connectivity index (χ2v) is 4.48. The van der Waals surface area contributed by atoms with Crippen molar-refractivity contribution < 1.29 is 14.6 Å². The average Bonchev–Trinajstić information content (AvgIpc) is 2.30. The molecule has 4 heteroatoms.